The number of halogens is 1. The fraction of sp³-hybridized carbons (Fsp3) is 0.455. The lowest BCUT2D eigenvalue weighted by Crippen LogP contribution is -2.50. The second-order valence-electron chi connectivity index (χ2n) is 3.77. The van der Waals surface area contributed by atoms with Crippen molar-refractivity contribution in [3.8, 4) is 5.75 Å². The van der Waals surface area contributed by atoms with E-state index >= 15 is 0 Å². The number of hydrogen-bond acceptors (Lipinski definition) is 3. The largest absolute Gasteiger partial charge is 0.493 e. The summed E-state index contributed by atoms with van der Waals surface area (Å²) in [5.74, 6) is 0.821. The molecule has 0 aromatic heterocycles. The minimum absolute atomic E-state index is 0.427. The van der Waals surface area contributed by atoms with Crippen LogP contribution in [0.1, 0.15) is 6.42 Å². The normalized spacial score (nSPS) is 18.3. The molecule has 4 heteroatoms. The van der Waals surface area contributed by atoms with Crippen LogP contribution in [0.15, 0.2) is 28.7 Å². The maximum atomic E-state index is 9.72. The number of aliphatic hydroxyl groups is 1. The van der Waals surface area contributed by atoms with Crippen molar-refractivity contribution in [1.82, 2.24) is 0 Å². The Hall–Kier alpha value is -0.580. The van der Waals surface area contributed by atoms with Crippen LogP contribution in [0.3, 0.4) is 0 Å². The van der Waals surface area contributed by atoms with Crippen LogP contribution < -0.4 is 4.74 Å². The van der Waals surface area contributed by atoms with Crippen LogP contribution in [0, 0.1) is 0 Å². The highest BCUT2D eigenvalue weighted by atomic mass is 79.9. The van der Waals surface area contributed by atoms with E-state index in [0.29, 0.717) is 26.2 Å². The standard InChI is InChI=1S/C11H13BrO3/c12-9-1-3-10(4-2-9)15-6-5-11(13)7-14-8-11/h1-4,13H,5-8H2. The Morgan fingerprint density at radius 1 is 1.33 bits per heavy atom. The highest BCUT2D eigenvalue weighted by molar-refractivity contribution is 9.10. The molecule has 1 fully saturated rings. The van der Waals surface area contributed by atoms with Crippen molar-refractivity contribution in [2.45, 2.75) is 12.0 Å². The van der Waals surface area contributed by atoms with Gasteiger partial charge in [-0.15, -0.1) is 0 Å². The zero-order chi connectivity index (χ0) is 10.7. The third-order valence-electron chi connectivity index (χ3n) is 2.39. The smallest absolute Gasteiger partial charge is 0.119 e. The molecule has 1 aliphatic rings. The van der Waals surface area contributed by atoms with Crippen molar-refractivity contribution in [3.05, 3.63) is 28.7 Å². The second-order valence-corrected chi connectivity index (χ2v) is 4.69. The van der Waals surface area contributed by atoms with Gasteiger partial charge in [0.05, 0.1) is 19.8 Å². The van der Waals surface area contributed by atoms with Crippen LogP contribution in [0.25, 0.3) is 0 Å². The fourth-order valence-corrected chi connectivity index (χ4v) is 1.64. The highest BCUT2D eigenvalue weighted by Gasteiger charge is 2.35. The van der Waals surface area contributed by atoms with Gasteiger partial charge >= 0.3 is 0 Å². The summed E-state index contributed by atoms with van der Waals surface area (Å²) in [7, 11) is 0. The first kappa shape index (κ1) is 10.9. The molecule has 1 saturated heterocycles. The lowest BCUT2D eigenvalue weighted by molar-refractivity contribution is -0.184. The summed E-state index contributed by atoms with van der Waals surface area (Å²) in [6, 6.07) is 7.64. The Labute approximate surface area is 97.1 Å². The van der Waals surface area contributed by atoms with Gasteiger partial charge in [-0.3, -0.25) is 0 Å². The van der Waals surface area contributed by atoms with Gasteiger partial charge in [-0.1, -0.05) is 15.9 Å². The zero-order valence-electron chi connectivity index (χ0n) is 8.28. The molecule has 1 heterocycles. The zero-order valence-corrected chi connectivity index (χ0v) is 9.87. The summed E-state index contributed by atoms with van der Waals surface area (Å²) in [4.78, 5) is 0. The van der Waals surface area contributed by atoms with E-state index < -0.39 is 5.60 Å². The van der Waals surface area contributed by atoms with Gasteiger partial charge < -0.3 is 14.6 Å². The van der Waals surface area contributed by atoms with Crippen LogP contribution in [0.2, 0.25) is 0 Å². The molecule has 0 amide bonds. The Morgan fingerprint density at radius 2 is 2.00 bits per heavy atom. The summed E-state index contributed by atoms with van der Waals surface area (Å²) in [6.07, 6.45) is 0.614. The number of benzene rings is 1. The third-order valence-corrected chi connectivity index (χ3v) is 2.92. The summed E-state index contributed by atoms with van der Waals surface area (Å²) in [6.45, 7) is 1.37. The third kappa shape index (κ3) is 2.93. The number of rotatable bonds is 4. The molecule has 0 saturated carbocycles. The number of ether oxygens (including phenoxy) is 2. The molecule has 2 rings (SSSR count). The average Bonchev–Trinajstić information content (AvgIpc) is 2.19. The minimum Gasteiger partial charge on any atom is -0.493 e. The summed E-state index contributed by atoms with van der Waals surface area (Å²) in [5, 5.41) is 9.72. The molecular weight excluding hydrogens is 260 g/mol. The van der Waals surface area contributed by atoms with Crippen molar-refractivity contribution in [1.29, 1.82) is 0 Å². The number of hydrogen-bond donors (Lipinski definition) is 1. The van der Waals surface area contributed by atoms with Gasteiger partial charge in [0.15, 0.2) is 0 Å². The highest BCUT2D eigenvalue weighted by Crippen LogP contribution is 2.22. The SMILES string of the molecule is OC1(CCOc2ccc(Br)cc2)COC1. The first-order chi connectivity index (χ1) is 7.18. The van der Waals surface area contributed by atoms with Crippen molar-refractivity contribution in [3.63, 3.8) is 0 Å². The molecule has 1 aromatic rings. The van der Waals surface area contributed by atoms with Gasteiger partial charge in [0.2, 0.25) is 0 Å². The monoisotopic (exact) mass is 272 g/mol. The molecule has 0 aliphatic carbocycles. The molecule has 3 nitrogen and oxygen atoms in total. The molecule has 1 aliphatic heterocycles. The lowest BCUT2D eigenvalue weighted by atomic mass is 9.99. The lowest BCUT2D eigenvalue weighted by Gasteiger charge is -2.36. The summed E-state index contributed by atoms with van der Waals surface area (Å²) in [5.41, 5.74) is -0.657. The van der Waals surface area contributed by atoms with Gasteiger partial charge in [0, 0.05) is 10.9 Å². The van der Waals surface area contributed by atoms with Gasteiger partial charge in [0.25, 0.3) is 0 Å². The van der Waals surface area contributed by atoms with E-state index in [-0.39, 0.29) is 0 Å². The average molecular weight is 273 g/mol. The maximum absolute atomic E-state index is 9.72. The Morgan fingerprint density at radius 3 is 2.53 bits per heavy atom. The van der Waals surface area contributed by atoms with E-state index in [9.17, 15) is 5.11 Å². The Balaban J connectivity index is 1.76. The van der Waals surface area contributed by atoms with Crippen LogP contribution in [0.4, 0.5) is 0 Å². The van der Waals surface area contributed by atoms with Crippen molar-refractivity contribution in [2.24, 2.45) is 0 Å². The van der Waals surface area contributed by atoms with Gasteiger partial charge in [-0.25, -0.2) is 0 Å². The van der Waals surface area contributed by atoms with Crippen LogP contribution in [0.5, 0.6) is 5.75 Å². The van der Waals surface area contributed by atoms with Crippen LogP contribution in [-0.2, 0) is 4.74 Å². The van der Waals surface area contributed by atoms with E-state index in [0.717, 1.165) is 10.2 Å². The van der Waals surface area contributed by atoms with E-state index in [1.54, 1.807) is 0 Å². The Bertz CT molecular complexity index is 319. The van der Waals surface area contributed by atoms with Crippen LogP contribution in [-0.4, -0.2) is 30.5 Å². The second kappa shape index (κ2) is 4.51. The molecular formula is C11H13BrO3. The molecule has 0 atom stereocenters. The van der Waals surface area contributed by atoms with E-state index in [1.807, 2.05) is 24.3 Å². The molecule has 1 aromatic carbocycles. The first-order valence-corrected chi connectivity index (χ1v) is 5.66. The predicted molar refractivity (Wildman–Crippen MR) is 60.0 cm³/mol. The minimum atomic E-state index is -0.657. The maximum Gasteiger partial charge on any atom is 0.119 e. The van der Waals surface area contributed by atoms with Gasteiger partial charge in [0.1, 0.15) is 11.4 Å². The molecule has 0 bridgehead atoms. The van der Waals surface area contributed by atoms with E-state index in [2.05, 4.69) is 15.9 Å². The molecule has 0 unspecified atom stereocenters. The molecule has 15 heavy (non-hydrogen) atoms. The van der Waals surface area contributed by atoms with E-state index in [1.165, 1.54) is 0 Å². The fourth-order valence-electron chi connectivity index (χ4n) is 1.37. The summed E-state index contributed by atoms with van der Waals surface area (Å²) >= 11 is 3.35. The van der Waals surface area contributed by atoms with Gasteiger partial charge in [-0.05, 0) is 24.3 Å². The van der Waals surface area contributed by atoms with Gasteiger partial charge in [-0.2, -0.15) is 0 Å². The Kier molecular flexibility index (Phi) is 3.29. The van der Waals surface area contributed by atoms with Crippen molar-refractivity contribution < 1.29 is 14.6 Å². The van der Waals surface area contributed by atoms with Crippen molar-refractivity contribution >= 4 is 15.9 Å². The van der Waals surface area contributed by atoms with Crippen molar-refractivity contribution in [2.75, 3.05) is 19.8 Å². The topological polar surface area (TPSA) is 38.7 Å². The quantitative estimate of drug-likeness (QED) is 0.911. The van der Waals surface area contributed by atoms with Crippen LogP contribution >= 0.6 is 15.9 Å². The van der Waals surface area contributed by atoms with E-state index in [4.69, 9.17) is 9.47 Å². The predicted octanol–water partition coefficient (Wildman–Crippen LogP) is 1.98. The molecule has 82 valence electrons. The first-order valence-electron chi connectivity index (χ1n) is 4.86. The summed E-state index contributed by atoms with van der Waals surface area (Å²) < 4.78 is 11.5. The molecule has 1 N–H and O–H groups in total. The molecule has 0 spiro atoms. The molecule has 0 radical (unpaired) electrons.